The molecule has 0 aromatic carbocycles. The maximum absolute atomic E-state index is 12.2. The van der Waals surface area contributed by atoms with Crippen molar-refractivity contribution >= 4 is 18.9 Å². The van der Waals surface area contributed by atoms with E-state index >= 15 is 0 Å². The Morgan fingerprint density at radius 2 is 1.91 bits per heavy atom. The molecule has 0 rings (SSSR count). The van der Waals surface area contributed by atoms with Crippen molar-refractivity contribution in [2.75, 3.05) is 12.9 Å². The van der Waals surface area contributed by atoms with Crippen LogP contribution in [0, 0.1) is 0 Å². The molecule has 0 saturated heterocycles. The Labute approximate surface area is 65.8 Å². The molecule has 0 unspecified atom stereocenters. The van der Waals surface area contributed by atoms with Crippen LogP contribution in [0.5, 0.6) is 0 Å². The summed E-state index contributed by atoms with van der Waals surface area (Å²) in [6, 6.07) is -0.566. The topological polar surface area (TPSA) is 43.4 Å². The molecule has 0 atom stereocenters. The van der Waals surface area contributed by atoms with E-state index in [0.717, 1.165) is 13.7 Å². The van der Waals surface area contributed by atoms with E-state index in [1.165, 1.54) is 0 Å². The van der Waals surface area contributed by atoms with Crippen molar-refractivity contribution in [1.82, 2.24) is 0 Å². The average molecular weight is 204 g/mol. The van der Waals surface area contributed by atoms with Gasteiger partial charge in [0.2, 0.25) is 0 Å². The fourth-order valence-corrected chi connectivity index (χ4v) is 2.99. The summed E-state index contributed by atoms with van der Waals surface area (Å²) in [6.45, 7) is 0.804. The molecule has 0 aromatic rings. The molecule has 0 fully saturated rings. The third-order valence-electron chi connectivity index (χ3n) is 1.04. The van der Waals surface area contributed by atoms with Gasteiger partial charge in [-0.15, -0.1) is 0 Å². The zero-order chi connectivity index (χ0) is 9.12. The molecule has 0 bridgehead atoms. The fraction of sp³-hybridized carbons (Fsp3) is 1.00. The summed E-state index contributed by atoms with van der Waals surface area (Å²) in [4.78, 5) is 0. The Kier molecular flexibility index (Phi) is 3.59. The first-order chi connectivity index (χ1) is 4.77. The fourth-order valence-electron chi connectivity index (χ4n) is 0.388. The van der Waals surface area contributed by atoms with Crippen LogP contribution in [-0.2, 0) is 14.3 Å². The highest BCUT2D eigenvalue weighted by Crippen LogP contribution is 2.13. The van der Waals surface area contributed by atoms with Crippen LogP contribution in [0.2, 0.25) is 12.6 Å². The van der Waals surface area contributed by atoms with Gasteiger partial charge < -0.3 is 0 Å². The molecule has 3 nitrogen and oxygen atoms in total. The van der Waals surface area contributed by atoms with Crippen molar-refractivity contribution in [3.63, 3.8) is 0 Å². The molecule has 0 radical (unpaired) electrons. The Morgan fingerprint density at radius 3 is 2.18 bits per heavy atom. The lowest BCUT2D eigenvalue weighted by molar-refractivity contribution is 0.398. The number of hydrogen-bond acceptors (Lipinski definition) is 3. The van der Waals surface area contributed by atoms with Crippen LogP contribution < -0.4 is 0 Å². The minimum atomic E-state index is -4.24. The minimum absolute atomic E-state index is 0.566. The second kappa shape index (κ2) is 3.59. The highest BCUT2D eigenvalue weighted by molar-refractivity contribution is 7.86. The first kappa shape index (κ1) is 11.0. The molecule has 0 aliphatic heterocycles. The van der Waals surface area contributed by atoms with Crippen LogP contribution in [-0.4, -0.2) is 30.0 Å². The summed E-state index contributed by atoms with van der Waals surface area (Å²) in [5.41, 5.74) is 0. The second-order valence-electron chi connectivity index (χ2n) is 2.25. The van der Waals surface area contributed by atoms with E-state index in [1.54, 1.807) is 0 Å². The van der Waals surface area contributed by atoms with Crippen LogP contribution >= 0.6 is 0 Å². The van der Waals surface area contributed by atoms with Gasteiger partial charge in [0.1, 0.15) is 0 Å². The smallest absolute Gasteiger partial charge is 0.273 e. The van der Waals surface area contributed by atoms with Gasteiger partial charge in [0.15, 0.2) is 0 Å². The molecule has 0 heterocycles. The van der Waals surface area contributed by atoms with Gasteiger partial charge in [-0.25, -0.2) is 0 Å². The van der Waals surface area contributed by atoms with Crippen molar-refractivity contribution < 1.29 is 20.8 Å². The summed E-state index contributed by atoms with van der Waals surface area (Å²) < 4.78 is 49.4. The summed E-state index contributed by atoms with van der Waals surface area (Å²) >= 11 is 0. The van der Waals surface area contributed by atoms with E-state index in [9.17, 15) is 16.6 Å². The van der Waals surface area contributed by atoms with Crippen LogP contribution in [0.3, 0.4) is 0 Å². The molecular weight excluding hydrogens is 194 g/mol. The SMILES string of the molecule is COS(=O)(=O)CC[Si](C)(F)F. The third-order valence-corrected chi connectivity index (χ3v) is 3.75. The number of hydrogen-bond donors (Lipinski definition) is 0. The molecule has 0 spiro atoms. The van der Waals surface area contributed by atoms with Crippen LogP contribution in [0.15, 0.2) is 0 Å². The van der Waals surface area contributed by atoms with Crippen molar-refractivity contribution in [2.24, 2.45) is 0 Å². The maximum atomic E-state index is 12.2. The lowest BCUT2D eigenvalue weighted by Gasteiger charge is -2.05. The lowest BCUT2D eigenvalue weighted by Crippen LogP contribution is -2.21. The van der Waals surface area contributed by atoms with Crippen LogP contribution in [0.4, 0.5) is 8.22 Å². The van der Waals surface area contributed by atoms with Crippen molar-refractivity contribution in [3.05, 3.63) is 0 Å². The largest absolute Gasteiger partial charge is 0.423 e. The van der Waals surface area contributed by atoms with Gasteiger partial charge in [-0.1, -0.05) is 0 Å². The van der Waals surface area contributed by atoms with Gasteiger partial charge in [0.05, 0.1) is 12.9 Å². The van der Waals surface area contributed by atoms with Crippen molar-refractivity contribution in [1.29, 1.82) is 0 Å². The molecule has 7 heteroatoms. The monoisotopic (exact) mass is 204 g/mol. The zero-order valence-electron chi connectivity index (χ0n) is 6.30. The van der Waals surface area contributed by atoms with Gasteiger partial charge in [0.25, 0.3) is 10.1 Å². The second-order valence-corrected chi connectivity index (χ2v) is 6.75. The molecule has 0 amide bonds. The van der Waals surface area contributed by atoms with E-state index in [2.05, 4.69) is 4.18 Å². The Balaban J connectivity index is 3.91. The lowest BCUT2D eigenvalue weighted by atomic mass is 11.0. The van der Waals surface area contributed by atoms with Crippen LogP contribution in [0.25, 0.3) is 0 Å². The molecule has 0 saturated carbocycles. The standard InChI is InChI=1S/C4H10F2O3SSi/c1-9-10(7,8)3-4-11(2,5)6/h3-4H2,1-2H3. The van der Waals surface area contributed by atoms with Gasteiger partial charge in [0, 0.05) is 6.04 Å². The molecule has 68 valence electrons. The zero-order valence-corrected chi connectivity index (χ0v) is 8.12. The average Bonchev–Trinajstić information content (AvgIpc) is 1.83. The molecule has 0 aliphatic rings. The predicted molar refractivity (Wildman–Crippen MR) is 39.4 cm³/mol. The highest BCUT2D eigenvalue weighted by atomic mass is 32.2. The Morgan fingerprint density at radius 1 is 1.45 bits per heavy atom. The Bertz CT molecular complexity index is 208. The van der Waals surface area contributed by atoms with Crippen molar-refractivity contribution in [2.45, 2.75) is 12.6 Å². The molecule has 0 aliphatic carbocycles. The van der Waals surface area contributed by atoms with Crippen molar-refractivity contribution in [3.8, 4) is 0 Å². The van der Waals surface area contributed by atoms with Gasteiger partial charge in [-0.05, 0) is 6.55 Å². The van der Waals surface area contributed by atoms with Gasteiger partial charge in [-0.3, -0.25) is 12.4 Å². The minimum Gasteiger partial charge on any atom is -0.273 e. The van der Waals surface area contributed by atoms with Gasteiger partial charge >= 0.3 is 8.74 Å². The number of rotatable bonds is 4. The highest BCUT2D eigenvalue weighted by Gasteiger charge is 2.30. The first-order valence-corrected chi connectivity index (χ1v) is 6.97. The molecule has 0 N–H and O–H groups in total. The van der Waals surface area contributed by atoms with Crippen LogP contribution in [0.1, 0.15) is 0 Å². The first-order valence-electron chi connectivity index (χ1n) is 2.93. The molecular formula is C4H10F2O3SSi. The third kappa shape index (κ3) is 6.39. The summed E-state index contributed by atoms with van der Waals surface area (Å²) in [7, 11) is -6.98. The Hall–Kier alpha value is -0.0131. The predicted octanol–water partition coefficient (Wildman–Crippen LogP) is 0.974. The quantitative estimate of drug-likeness (QED) is 0.389. The van der Waals surface area contributed by atoms with E-state index in [0.29, 0.717) is 0 Å². The van der Waals surface area contributed by atoms with Gasteiger partial charge in [-0.2, -0.15) is 8.42 Å². The van der Waals surface area contributed by atoms with E-state index in [-0.39, 0.29) is 0 Å². The molecule has 0 aromatic heterocycles. The summed E-state index contributed by atoms with van der Waals surface area (Å²) in [6.07, 6.45) is 0. The maximum Gasteiger partial charge on any atom is 0.423 e. The normalized spacial score (nSPS) is 13.5. The number of halogens is 2. The molecule has 11 heavy (non-hydrogen) atoms. The van der Waals surface area contributed by atoms with E-state index < -0.39 is 30.7 Å². The van der Waals surface area contributed by atoms with E-state index in [4.69, 9.17) is 0 Å². The summed E-state index contributed by atoms with van der Waals surface area (Å²) in [5, 5.41) is 0. The summed E-state index contributed by atoms with van der Waals surface area (Å²) in [5.74, 6) is -0.584. The van der Waals surface area contributed by atoms with E-state index in [1.807, 2.05) is 0 Å².